The summed E-state index contributed by atoms with van der Waals surface area (Å²) in [4.78, 5) is 12.0. The number of ether oxygens (including phenoxy) is 6. The predicted molar refractivity (Wildman–Crippen MR) is 109 cm³/mol. The van der Waals surface area contributed by atoms with Crippen molar-refractivity contribution >= 4 is 5.97 Å². The van der Waals surface area contributed by atoms with Crippen LogP contribution in [0, 0.1) is 5.92 Å². The number of hydrogen-bond acceptors (Lipinski definition) is 14. The lowest BCUT2D eigenvalue weighted by Gasteiger charge is -2.46. The minimum Gasteiger partial charge on any atom is -0.471 e. The highest BCUT2D eigenvalue weighted by molar-refractivity contribution is 5.91. The molecule has 0 radical (unpaired) electrons. The van der Waals surface area contributed by atoms with Crippen LogP contribution in [0.5, 0.6) is 0 Å². The monoisotopic (exact) mass is 506 g/mol. The lowest BCUT2D eigenvalue weighted by Crippen LogP contribution is -2.62. The summed E-state index contributed by atoms with van der Waals surface area (Å²) in [7, 11) is 0. The normalized spacial score (nSPS) is 48.3. The van der Waals surface area contributed by atoms with E-state index in [1.807, 2.05) is 0 Å². The molecule has 0 aromatic carbocycles. The number of cyclic esters (lactones) is 1. The Bertz CT molecular complexity index is 820. The van der Waals surface area contributed by atoms with Gasteiger partial charge in [-0.15, -0.1) is 6.58 Å². The van der Waals surface area contributed by atoms with E-state index in [1.165, 1.54) is 6.08 Å². The van der Waals surface area contributed by atoms with E-state index in [1.54, 1.807) is 0 Å². The van der Waals surface area contributed by atoms with Gasteiger partial charge in [-0.1, -0.05) is 6.08 Å². The average molecular weight is 506 g/mol. The van der Waals surface area contributed by atoms with Crippen molar-refractivity contribution in [2.75, 3.05) is 19.8 Å². The summed E-state index contributed by atoms with van der Waals surface area (Å²) in [6, 6.07) is 0. The number of rotatable bonds is 6. The minimum absolute atomic E-state index is 0.0423. The number of carbonyl (C=O) groups excluding carboxylic acids is 1. The number of hydrogen-bond donors (Lipinski definition) is 7. The van der Waals surface area contributed by atoms with Crippen molar-refractivity contribution in [1.29, 1.82) is 0 Å². The van der Waals surface area contributed by atoms with Gasteiger partial charge in [0, 0.05) is 6.42 Å². The van der Waals surface area contributed by atoms with Gasteiger partial charge in [-0.3, -0.25) is 0 Å². The molecule has 0 aliphatic carbocycles. The maximum Gasteiger partial charge on any atom is 0.340 e. The van der Waals surface area contributed by atoms with E-state index in [4.69, 9.17) is 28.4 Å². The Hall–Kier alpha value is -1.69. The standard InChI is InChI=1S/C21H30O14/c1-2-8-18(31-5-9-17(28)30-4-3-21(8,9)29)35-20-16(27)14(25)13(24)11(34-20)7-33-19-15(26)12(23)10(22)6-32-19/h2,5,8,10-16,18-20,22-27,29H,1,3-4,6-7H2. The zero-order chi connectivity index (χ0) is 25.5. The van der Waals surface area contributed by atoms with E-state index in [0.29, 0.717) is 0 Å². The number of aliphatic hydroxyl groups is 7. The molecule has 4 aliphatic heterocycles. The van der Waals surface area contributed by atoms with Crippen LogP contribution < -0.4 is 0 Å². The Morgan fingerprint density at radius 1 is 1.03 bits per heavy atom. The summed E-state index contributed by atoms with van der Waals surface area (Å²) in [6.07, 6.45) is -12.7. The molecule has 0 amide bonds. The topological polar surface area (TPSA) is 214 Å². The fourth-order valence-corrected chi connectivity index (χ4v) is 4.47. The largest absolute Gasteiger partial charge is 0.471 e. The van der Waals surface area contributed by atoms with E-state index in [-0.39, 0.29) is 25.2 Å². The Morgan fingerprint density at radius 2 is 1.74 bits per heavy atom. The Morgan fingerprint density at radius 3 is 2.46 bits per heavy atom. The van der Waals surface area contributed by atoms with Crippen LogP contribution in [-0.4, -0.2) is 129 Å². The Labute approximate surface area is 199 Å². The Balaban J connectivity index is 1.44. The number of esters is 1. The average Bonchev–Trinajstić information content (AvgIpc) is 2.82. The molecule has 14 nitrogen and oxygen atoms in total. The molecule has 0 aromatic rings. The lowest BCUT2D eigenvalue weighted by molar-refractivity contribution is -0.352. The van der Waals surface area contributed by atoms with Crippen LogP contribution in [0.25, 0.3) is 0 Å². The number of aliphatic hydroxyl groups excluding tert-OH is 6. The van der Waals surface area contributed by atoms with Crippen molar-refractivity contribution in [2.45, 2.75) is 73.6 Å². The van der Waals surface area contributed by atoms with Crippen LogP contribution in [0.1, 0.15) is 6.42 Å². The summed E-state index contributed by atoms with van der Waals surface area (Å²) in [5.74, 6) is -1.73. The van der Waals surface area contributed by atoms with Crippen LogP contribution >= 0.6 is 0 Å². The van der Waals surface area contributed by atoms with Gasteiger partial charge in [-0.05, 0) is 0 Å². The second-order valence-electron chi connectivity index (χ2n) is 8.84. The summed E-state index contributed by atoms with van der Waals surface area (Å²) in [5, 5.41) is 71.5. The van der Waals surface area contributed by atoms with E-state index in [0.717, 1.165) is 6.26 Å². The van der Waals surface area contributed by atoms with Crippen LogP contribution in [0.15, 0.2) is 24.5 Å². The molecule has 12 atom stereocenters. The van der Waals surface area contributed by atoms with Gasteiger partial charge in [0.15, 0.2) is 12.6 Å². The van der Waals surface area contributed by atoms with Gasteiger partial charge in [0.25, 0.3) is 0 Å². The van der Waals surface area contributed by atoms with E-state index >= 15 is 0 Å². The van der Waals surface area contributed by atoms with Gasteiger partial charge in [0.1, 0.15) is 53.9 Å². The van der Waals surface area contributed by atoms with Gasteiger partial charge in [0.05, 0.1) is 32.0 Å². The molecule has 35 heavy (non-hydrogen) atoms. The van der Waals surface area contributed by atoms with Crippen LogP contribution in [0.3, 0.4) is 0 Å². The van der Waals surface area contributed by atoms with Crippen LogP contribution in [0.2, 0.25) is 0 Å². The highest BCUT2D eigenvalue weighted by atomic mass is 16.8. The van der Waals surface area contributed by atoms with Crippen molar-refractivity contribution in [2.24, 2.45) is 5.92 Å². The molecule has 0 spiro atoms. The fourth-order valence-electron chi connectivity index (χ4n) is 4.47. The van der Waals surface area contributed by atoms with Gasteiger partial charge >= 0.3 is 5.97 Å². The zero-order valence-corrected chi connectivity index (χ0v) is 18.5. The maximum absolute atomic E-state index is 12.0. The second-order valence-corrected chi connectivity index (χ2v) is 8.84. The molecule has 4 heterocycles. The number of fused-ring (bicyclic) bond motifs is 1. The van der Waals surface area contributed by atoms with E-state index in [2.05, 4.69) is 6.58 Å². The molecule has 4 rings (SSSR count). The van der Waals surface area contributed by atoms with E-state index < -0.39 is 85.7 Å². The first kappa shape index (κ1) is 26.4. The maximum atomic E-state index is 12.0. The predicted octanol–water partition coefficient (Wildman–Crippen LogP) is -4.01. The molecule has 12 unspecified atom stereocenters. The fraction of sp³-hybridized carbons (Fsp3) is 0.762. The van der Waals surface area contributed by atoms with Crippen molar-refractivity contribution in [3.05, 3.63) is 24.5 Å². The summed E-state index contributed by atoms with van der Waals surface area (Å²) < 4.78 is 32.1. The smallest absolute Gasteiger partial charge is 0.340 e. The second kappa shape index (κ2) is 10.4. The molecule has 0 bridgehead atoms. The molecule has 4 aliphatic rings. The van der Waals surface area contributed by atoms with Crippen LogP contribution in [-0.2, 0) is 33.2 Å². The Kier molecular flexibility index (Phi) is 7.80. The third-order valence-corrected chi connectivity index (χ3v) is 6.64. The third kappa shape index (κ3) is 4.84. The summed E-state index contributed by atoms with van der Waals surface area (Å²) in [5.41, 5.74) is -1.82. The zero-order valence-electron chi connectivity index (χ0n) is 18.5. The minimum atomic E-state index is -1.74. The molecular formula is C21H30O14. The first-order chi connectivity index (χ1) is 16.6. The first-order valence-electron chi connectivity index (χ1n) is 11.1. The summed E-state index contributed by atoms with van der Waals surface area (Å²) >= 11 is 0. The van der Waals surface area contributed by atoms with Crippen LogP contribution in [0.4, 0.5) is 0 Å². The molecule has 3 fully saturated rings. The molecule has 14 heteroatoms. The number of carbonyl (C=O) groups is 1. The van der Waals surface area contributed by atoms with Crippen molar-refractivity contribution in [3.8, 4) is 0 Å². The highest BCUT2D eigenvalue weighted by Gasteiger charge is 2.54. The van der Waals surface area contributed by atoms with Crippen molar-refractivity contribution < 1.29 is 69.0 Å². The summed E-state index contributed by atoms with van der Waals surface area (Å²) in [6.45, 7) is 2.84. The molecular weight excluding hydrogens is 476 g/mol. The molecule has 0 saturated carbocycles. The molecule has 0 aromatic heterocycles. The van der Waals surface area contributed by atoms with Gasteiger partial charge in [0.2, 0.25) is 6.29 Å². The highest BCUT2D eigenvalue weighted by Crippen LogP contribution is 2.42. The van der Waals surface area contributed by atoms with Crippen molar-refractivity contribution in [3.63, 3.8) is 0 Å². The van der Waals surface area contributed by atoms with Gasteiger partial charge in [-0.25, -0.2) is 4.79 Å². The van der Waals surface area contributed by atoms with Gasteiger partial charge in [-0.2, -0.15) is 0 Å². The molecule has 198 valence electrons. The first-order valence-corrected chi connectivity index (χ1v) is 11.1. The van der Waals surface area contributed by atoms with Crippen molar-refractivity contribution in [1.82, 2.24) is 0 Å². The third-order valence-electron chi connectivity index (χ3n) is 6.64. The lowest BCUT2D eigenvalue weighted by atomic mass is 9.76. The SMILES string of the molecule is C=CC1C(OC2OC(COC3OCC(O)C(O)C3O)C(O)C(O)C2O)OC=C2C(=O)OCCC21O. The van der Waals surface area contributed by atoms with Gasteiger partial charge < -0.3 is 64.2 Å². The molecule has 3 saturated heterocycles. The molecule has 7 N–H and O–H groups in total. The quantitative estimate of drug-likeness (QED) is 0.135. The van der Waals surface area contributed by atoms with E-state index in [9.17, 15) is 40.5 Å².